The maximum absolute atomic E-state index is 12.4. The molecule has 4 nitrogen and oxygen atoms in total. The van der Waals surface area contributed by atoms with Gasteiger partial charge in [0, 0.05) is 5.38 Å². The highest BCUT2D eigenvalue weighted by molar-refractivity contribution is 7.13. The maximum atomic E-state index is 12.4. The van der Waals surface area contributed by atoms with Crippen molar-refractivity contribution >= 4 is 22.4 Å². The fourth-order valence-corrected chi connectivity index (χ4v) is 2.54. The summed E-state index contributed by atoms with van der Waals surface area (Å²) in [6, 6.07) is 4.17. The van der Waals surface area contributed by atoms with E-state index in [4.69, 9.17) is 4.74 Å². The minimum absolute atomic E-state index is 0.190. The Morgan fingerprint density at radius 1 is 1.30 bits per heavy atom. The Labute approximate surface area is 135 Å². The minimum Gasteiger partial charge on any atom is -0.484 e. The summed E-state index contributed by atoms with van der Waals surface area (Å²) in [5.74, 6) is 0.0324. The van der Waals surface area contributed by atoms with Crippen LogP contribution in [0.2, 0.25) is 0 Å². The van der Waals surface area contributed by atoms with E-state index in [0.29, 0.717) is 5.13 Å². The Morgan fingerprint density at radius 3 is 2.48 bits per heavy atom. The number of nitrogens with zero attached hydrogens (tertiary/aromatic N) is 1. The van der Waals surface area contributed by atoms with Gasteiger partial charge in [0.15, 0.2) is 11.7 Å². The number of thiazole rings is 1. The summed E-state index contributed by atoms with van der Waals surface area (Å²) < 4.78 is 42.4. The number of hydrogen-bond acceptors (Lipinski definition) is 4. The quantitative estimate of drug-likeness (QED) is 0.880. The standard InChI is InChI=1S/C15H15F3N2O2S/c1-9(2)12-8-23-14(19-12)20-13(21)7-22-11-5-3-10(4-6-11)15(16,17)18/h3-6,8-9H,7H2,1-2H3,(H,19,20,21). The third kappa shape index (κ3) is 4.95. The summed E-state index contributed by atoms with van der Waals surface area (Å²) in [4.78, 5) is 16.0. The number of alkyl halides is 3. The predicted octanol–water partition coefficient (Wildman–Crippen LogP) is 4.30. The lowest BCUT2D eigenvalue weighted by Crippen LogP contribution is -2.20. The van der Waals surface area contributed by atoms with Gasteiger partial charge in [-0.25, -0.2) is 4.98 Å². The number of ether oxygens (including phenoxy) is 1. The zero-order valence-corrected chi connectivity index (χ0v) is 13.3. The molecule has 1 N–H and O–H groups in total. The molecule has 1 aromatic heterocycles. The minimum atomic E-state index is -4.39. The molecule has 1 amide bonds. The summed E-state index contributed by atoms with van der Waals surface area (Å²) in [7, 11) is 0. The molecule has 0 aliphatic rings. The van der Waals surface area contributed by atoms with Gasteiger partial charge in [0.1, 0.15) is 5.75 Å². The van der Waals surface area contributed by atoms with Gasteiger partial charge in [-0.3, -0.25) is 10.1 Å². The van der Waals surface area contributed by atoms with Crippen molar-refractivity contribution in [1.82, 2.24) is 4.98 Å². The lowest BCUT2D eigenvalue weighted by molar-refractivity contribution is -0.137. The number of carbonyl (C=O) groups is 1. The summed E-state index contributed by atoms with van der Waals surface area (Å²) in [5.41, 5.74) is 0.118. The van der Waals surface area contributed by atoms with Gasteiger partial charge >= 0.3 is 6.18 Å². The number of rotatable bonds is 5. The topological polar surface area (TPSA) is 51.2 Å². The number of amides is 1. The Bertz CT molecular complexity index is 666. The van der Waals surface area contributed by atoms with E-state index < -0.39 is 17.6 Å². The summed E-state index contributed by atoms with van der Waals surface area (Å²) >= 11 is 1.31. The van der Waals surface area contributed by atoms with Crippen LogP contribution in [0.4, 0.5) is 18.3 Å². The van der Waals surface area contributed by atoms with Crippen LogP contribution in [0.5, 0.6) is 5.75 Å². The average Bonchev–Trinajstić information content (AvgIpc) is 2.93. The first kappa shape index (κ1) is 17.3. The first-order chi connectivity index (χ1) is 10.8. The molecule has 2 aromatic rings. The van der Waals surface area contributed by atoms with Crippen LogP contribution in [0, 0.1) is 0 Å². The van der Waals surface area contributed by atoms with E-state index in [1.165, 1.54) is 23.5 Å². The molecule has 0 atom stereocenters. The third-order valence-corrected chi connectivity index (χ3v) is 3.69. The van der Waals surface area contributed by atoms with Crippen LogP contribution in [-0.2, 0) is 11.0 Å². The molecule has 0 aliphatic heterocycles. The van der Waals surface area contributed by atoms with E-state index in [1.807, 2.05) is 19.2 Å². The molecule has 1 aromatic carbocycles. The SMILES string of the molecule is CC(C)c1csc(NC(=O)COc2ccc(C(F)(F)F)cc2)n1. The first-order valence-electron chi connectivity index (χ1n) is 6.81. The molecule has 0 aliphatic carbocycles. The molecule has 8 heteroatoms. The smallest absolute Gasteiger partial charge is 0.416 e. The number of halogens is 3. The zero-order chi connectivity index (χ0) is 17.0. The fraction of sp³-hybridized carbons (Fsp3) is 0.333. The van der Waals surface area contributed by atoms with Crippen molar-refractivity contribution < 1.29 is 22.7 Å². The monoisotopic (exact) mass is 344 g/mol. The molecule has 0 bridgehead atoms. The van der Waals surface area contributed by atoms with Gasteiger partial charge < -0.3 is 4.74 Å². The van der Waals surface area contributed by atoms with E-state index in [-0.39, 0.29) is 18.3 Å². The van der Waals surface area contributed by atoms with Crippen molar-refractivity contribution in [1.29, 1.82) is 0 Å². The van der Waals surface area contributed by atoms with Crippen LogP contribution >= 0.6 is 11.3 Å². The molecule has 0 saturated heterocycles. The molecule has 0 unspecified atom stereocenters. The second-order valence-corrected chi connectivity index (χ2v) is 5.95. The van der Waals surface area contributed by atoms with E-state index in [2.05, 4.69) is 10.3 Å². The summed E-state index contributed by atoms with van der Waals surface area (Å²) in [6.07, 6.45) is -4.39. The Hall–Kier alpha value is -2.09. The first-order valence-corrected chi connectivity index (χ1v) is 7.69. The van der Waals surface area contributed by atoms with E-state index in [1.54, 1.807) is 0 Å². The van der Waals surface area contributed by atoms with Crippen LogP contribution in [0.15, 0.2) is 29.6 Å². The van der Waals surface area contributed by atoms with E-state index in [9.17, 15) is 18.0 Å². The largest absolute Gasteiger partial charge is 0.484 e. The molecule has 0 saturated carbocycles. The highest BCUT2D eigenvalue weighted by Crippen LogP contribution is 2.30. The molecular formula is C15H15F3N2O2S. The van der Waals surface area contributed by atoms with Gasteiger partial charge in [0.05, 0.1) is 11.3 Å². The fourth-order valence-electron chi connectivity index (χ4n) is 1.65. The number of anilines is 1. The summed E-state index contributed by atoms with van der Waals surface area (Å²) in [5, 5.41) is 4.91. The van der Waals surface area contributed by atoms with Crippen LogP contribution in [0.1, 0.15) is 31.0 Å². The molecular weight excluding hydrogens is 329 g/mol. The zero-order valence-electron chi connectivity index (χ0n) is 12.5. The Balaban J connectivity index is 1.86. The third-order valence-electron chi connectivity index (χ3n) is 2.91. The number of hydrogen-bond donors (Lipinski definition) is 1. The van der Waals surface area contributed by atoms with E-state index in [0.717, 1.165) is 17.8 Å². The lowest BCUT2D eigenvalue weighted by Gasteiger charge is -2.09. The predicted molar refractivity (Wildman–Crippen MR) is 81.8 cm³/mol. The molecule has 0 spiro atoms. The normalized spacial score (nSPS) is 11.6. The van der Waals surface area contributed by atoms with Crippen molar-refractivity contribution in [2.45, 2.75) is 25.9 Å². The highest BCUT2D eigenvalue weighted by Gasteiger charge is 2.30. The van der Waals surface area contributed by atoms with Gasteiger partial charge in [-0.05, 0) is 30.2 Å². The van der Waals surface area contributed by atoms with Crippen molar-refractivity contribution in [3.63, 3.8) is 0 Å². The van der Waals surface area contributed by atoms with Gasteiger partial charge in [0.2, 0.25) is 0 Å². The molecule has 124 valence electrons. The second kappa shape index (κ2) is 6.99. The molecule has 0 fully saturated rings. The van der Waals surface area contributed by atoms with E-state index >= 15 is 0 Å². The number of carbonyl (C=O) groups excluding carboxylic acids is 1. The second-order valence-electron chi connectivity index (χ2n) is 5.09. The van der Waals surface area contributed by atoms with Crippen molar-refractivity contribution in [2.24, 2.45) is 0 Å². The molecule has 23 heavy (non-hydrogen) atoms. The van der Waals surface area contributed by atoms with Crippen LogP contribution < -0.4 is 10.1 Å². The Kier molecular flexibility index (Phi) is 5.25. The average molecular weight is 344 g/mol. The lowest BCUT2D eigenvalue weighted by atomic mass is 10.2. The van der Waals surface area contributed by atoms with Gasteiger partial charge in [-0.1, -0.05) is 13.8 Å². The molecule has 0 radical (unpaired) electrons. The Morgan fingerprint density at radius 2 is 1.96 bits per heavy atom. The highest BCUT2D eigenvalue weighted by atomic mass is 32.1. The number of nitrogens with one attached hydrogen (secondary N) is 1. The van der Waals surface area contributed by atoms with Crippen molar-refractivity contribution in [3.05, 3.63) is 40.9 Å². The van der Waals surface area contributed by atoms with Crippen molar-refractivity contribution in [2.75, 3.05) is 11.9 Å². The van der Waals surface area contributed by atoms with Gasteiger partial charge in [0.25, 0.3) is 5.91 Å². The van der Waals surface area contributed by atoms with Crippen molar-refractivity contribution in [3.8, 4) is 5.75 Å². The number of aromatic nitrogens is 1. The number of benzene rings is 1. The maximum Gasteiger partial charge on any atom is 0.416 e. The van der Waals surface area contributed by atoms with Gasteiger partial charge in [-0.2, -0.15) is 13.2 Å². The van der Waals surface area contributed by atoms with Gasteiger partial charge in [-0.15, -0.1) is 11.3 Å². The van der Waals surface area contributed by atoms with Crippen LogP contribution in [0.3, 0.4) is 0 Å². The van der Waals surface area contributed by atoms with Crippen LogP contribution in [-0.4, -0.2) is 17.5 Å². The molecule has 1 heterocycles. The van der Waals surface area contributed by atoms with Crippen LogP contribution in [0.25, 0.3) is 0 Å². The summed E-state index contributed by atoms with van der Waals surface area (Å²) in [6.45, 7) is 3.69. The molecule has 2 rings (SSSR count).